The molecular formula is C17H26N4S. The fourth-order valence-corrected chi connectivity index (χ4v) is 3.66. The predicted molar refractivity (Wildman–Crippen MR) is 92.0 cm³/mol. The Hall–Kier alpha value is -1.17. The number of nitrogens with zero attached hydrogens (tertiary/aromatic N) is 4. The van der Waals surface area contributed by atoms with E-state index in [0.29, 0.717) is 12.1 Å². The van der Waals surface area contributed by atoms with Crippen molar-refractivity contribution in [3.05, 3.63) is 40.1 Å². The van der Waals surface area contributed by atoms with Crippen molar-refractivity contribution in [2.24, 2.45) is 0 Å². The van der Waals surface area contributed by atoms with Crippen LogP contribution in [0.4, 0.5) is 0 Å². The van der Waals surface area contributed by atoms with Gasteiger partial charge >= 0.3 is 0 Å². The standard InChI is InChI=1S/C17H26N4S/c1-13(2)19(4)11-16-9-18-17-14(3)20(6-7-21(16)17)10-15-5-8-22-12-15/h5,8-9,12-14H,6-7,10-11H2,1-4H3/t14-/m1/s1. The minimum absolute atomic E-state index is 0.381. The Morgan fingerprint density at radius 1 is 1.41 bits per heavy atom. The minimum Gasteiger partial charge on any atom is -0.328 e. The second kappa shape index (κ2) is 6.52. The van der Waals surface area contributed by atoms with E-state index in [9.17, 15) is 0 Å². The molecule has 0 amide bonds. The molecule has 0 aromatic carbocycles. The predicted octanol–water partition coefficient (Wildman–Crippen LogP) is 3.36. The average Bonchev–Trinajstić information content (AvgIpc) is 3.12. The van der Waals surface area contributed by atoms with Gasteiger partial charge in [0.2, 0.25) is 0 Å². The lowest BCUT2D eigenvalue weighted by Crippen LogP contribution is -2.37. The van der Waals surface area contributed by atoms with Crippen molar-refractivity contribution >= 4 is 11.3 Å². The third-order valence-corrected chi connectivity index (χ3v) is 5.49. The highest BCUT2D eigenvalue weighted by Gasteiger charge is 2.27. The molecule has 0 radical (unpaired) electrons. The van der Waals surface area contributed by atoms with E-state index in [1.807, 2.05) is 0 Å². The fourth-order valence-electron chi connectivity index (χ4n) is 3.00. The molecule has 3 rings (SSSR count). The van der Waals surface area contributed by atoms with Gasteiger partial charge in [-0.3, -0.25) is 9.80 Å². The van der Waals surface area contributed by atoms with E-state index < -0.39 is 0 Å². The summed E-state index contributed by atoms with van der Waals surface area (Å²) < 4.78 is 2.42. The first kappa shape index (κ1) is 15.7. The summed E-state index contributed by atoms with van der Waals surface area (Å²) in [6.45, 7) is 10.9. The van der Waals surface area contributed by atoms with Crippen LogP contribution in [0.1, 0.15) is 43.9 Å². The molecule has 4 nitrogen and oxygen atoms in total. The van der Waals surface area contributed by atoms with Crippen molar-refractivity contribution in [1.29, 1.82) is 0 Å². The van der Waals surface area contributed by atoms with Gasteiger partial charge in [-0.2, -0.15) is 11.3 Å². The zero-order valence-corrected chi connectivity index (χ0v) is 14.8. The molecule has 0 saturated carbocycles. The van der Waals surface area contributed by atoms with E-state index in [2.05, 4.69) is 65.2 Å². The van der Waals surface area contributed by atoms with Gasteiger partial charge in [-0.05, 0) is 50.2 Å². The molecule has 2 aromatic heterocycles. The van der Waals surface area contributed by atoms with Crippen LogP contribution in [0, 0.1) is 0 Å². The van der Waals surface area contributed by atoms with E-state index >= 15 is 0 Å². The SMILES string of the molecule is CC(C)N(C)Cc1cnc2n1CCN(Cc1ccsc1)[C@@H]2C. The lowest BCUT2D eigenvalue weighted by molar-refractivity contribution is 0.153. The molecule has 3 heterocycles. The van der Waals surface area contributed by atoms with Crippen LogP contribution >= 0.6 is 11.3 Å². The Morgan fingerprint density at radius 2 is 2.23 bits per heavy atom. The van der Waals surface area contributed by atoms with Crippen LogP contribution in [0.15, 0.2) is 23.0 Å². The maximum Gasteiger partial charge on any atom is 0.126 e. The number of hydrogen-bond acceptors (Lipinski definition) is 4. The highest BCUT2D eigenvalue weighted by molar-refractivity contribution is 7.07. The summed E-state index contributed by atoms with van der Waals surface area (Å²) in [5, 5.41) is 4.40. The molecule has 1 aliphatic heterocycles. The minimum atomic E-state index is 0.381. The van der Waals surface area contributed by atoms with Crippen LogP contribution in [0.2, 0.25) is 0 Å². The van der Waals surface area contributed by atoms with Gasteiger partial charge in [-0.25, -0.2) is 4.98 Å². The first-order chi connectivity index (χ1) is 10.6. The van der Waals surface area contributed by atoms with Gasteiger partial charge in [0.1, 0.15) is 5.82 Å². The maximum atomic E-state index is 4.73. The molecule has 0 aliphatic carbocycles. The first-order valence-electron chi connectivity index (χ1n) is 8.06. The van der Waals surface area contributed by atoms with Crippen LogP contribution in [0.25, 0.3) is 0 Å². The van der Waals surface area contributed by atoms with Gasteiger partial charge in [0.05, 0.1) is 11.7 Å². The quantitative estimate of drug-likeness (QED) is 0.845. The topological polar surface area (TPSA) is 24.3 Å². The van der Waals surface area contributed by atoms with E-state index in [-0.39, 0.29) is 0 Å². The van der Waals surface area contributed by atoms with Gasteiger partial charge in [-0.15, -0.1) is 0 Å². The molecule has 5 heteroatoms. The third-order valence-electron chi connectivity index (χ3n) is 4.76. The van der Waals surface area contributed by atoms with E-state index in [1.165, 1.54) is 17.1 Å². The Bertz CT molecular complexity index is 602. The second-order valence-corrected chi connectivity index (χ2v) is 7.33. The van der Waals surface area contributed by atoms with E-state index in [0.717, 1.165) is 26.2 Å². The summed E-state index contributed by atoms with van der Waals surface area (Å²) in [5.74, 6) is 1.22. The van der Waals surface area contributed by atoms with Gasteiger partial charge in [0.25, 0.3) is 0 Å². The number of thiophene rings is 1. The van der Waals surface area contributed by atoms with Crippen LogP contribution in [0.5, 0.6) is 0 Å². The van der Waals surface area contributed by atoms with Crippen molar-refractivity contribution in [3.63, 3.8) is 0 Å². The molecule has 0 unspecified atom stereocenters. The molecule has 1 atom stereocenters. The van der Waals surface area contributed by atoms with Gasteiger partial charge in [0.15, 0.2) is 0 Å². The first-order valence-corrected chi connectivity index (χ1v) is 9.00. The molecule has 0 N–H and O–H groups in total. The Kier molecular flexibility index (Phi) is 4.66. The largest absolute Gasteiger partial charge is 0.328 e. The number of hydrogen-bond donors (Lipinski definition) is 0. The molecule has 22 heavy (non-hydrogen) atoms. The second-order valence-electron chi connectivity index (χ2n) is 6.55. The fraction of sp³-hybridized carbons (Fsp3) is 0.588. The van der Waals surface area contributed by atoms with Crippen molar-refractivity contribution < 1.29 is 0 Å². The summed E-state index contributed by atoms with van der Waals surface area (Å²) >= 11 is 1.78. The summed E-state index contributed by atoms with van der Waals surface area (Å²) in [5.41, 5.74) is 2.75. The molecule has 1 aliphatic rings. The summed E-state index contributed by atoms with van der Waals surface area (Å²) in [4.78, 5) is 9.62. The van der Waals surface area contributed by atoms with Crippen molar-refractivity contribution in [3.8, 4) is 0 Å². The normalized spacial score (nSPS) is 19.1. The van der Waals surface area contributed by atoms with Crippen molar-refractivity contribution in [2.45, 2.75) is 52.5 Å². The smallest absolute Gasteiger partial charge is 0.126 e. The zero-order valence-electron chi connectivity index (χ0n) is 14.0. The van der Waals surface area contributed by atoms with Crippen LogP contribution in [-0.4, -0.2) is 39.0 Å². The third kappa shape index (κ3) is 3.12. The molecule has 0 spiro atoms. The molecule has 0 bridgehead atoms. The molecule has 0 fully saturated rings. The molecule has 0 saturated heterocycles. The number of aromatic nitrogens is 2. The summed E-state index contributed by atoms with van der Waals surface area (Å²) in [6.07, 6.45) is 2.07. The zero-order chi connectivity index (χ0) is 15.7. The van der Waals surface area contributed by atoms with Crippen LogP contribution in [-0.2, 0) is 19.6 Å². The maximum absolute atomic E-state index is 4.73. The van der Waals surface area contributed by atoms with Gasteiger partial charge in [0, 0.05) is 38.4 Å². The van der Waals surface area contributed by atoms with E-state index in [1.54, 1.807) is 11.3 Å². The highest BCUT2D eigenvalue weighted by atomic mass is 32.1. The van der Waals surface area contributed by atoms with Crippen molar-refractivity contribution in [1.82, 2.24) is 19.4 Å². The summed E-state index contributed by atoms with van der Waals surface area (Å²) in [6, 6.07) is 3.16. The molecule has 120 valence electrons. The number of imidazole rings is 1. The van der Waals surface area contributed by atoms with Gasteiger partial charge < -0.3 is 4.57 Å². The lowest BCUT2D eigenvalue weighted by atomic mass is 10.2. The van der Waals surface area contributed by atoms with Crippen LogP contribution < -0.4 is 0 Å². The lowest BCUT2D eigenvalue weighted by Gasteiger charge is -2.34. The Balaban J connectivity index is 1.74. The monoisotopic (exact) mass is 318 g/mol. The Labute approximate surface area is 137 Å². The summed E-state index contributed by atoms with van der Waals surface area (Å²) in [7, 11) is 2.18. The van der Waals surface area contributed by atoms with Gasteiger partial charge in [-0.1, -0.05) is 0 Å². The average molecular weight is 318 g/mol. The van der Waals surface area contributed by atoms with E-state index in [4.69, 9.17) is 4.98 Å². The molecule has 2 aromatic rings. The number of fused-ring (bicyclic) bond motifs is 1. The molecular weight excluding hydrogens is 292 g/mol. The number of rotatable bonds is 5. The van der Waals surface area contributed by atoms with Crippen LogP contribution in [0.3, 0.4) is 0 Å². The van der Waals surface area contributed by atoms with Crippen molar-refractivity contribution in [2.75, 3.05) is 13.6 Å². The highest BCUT2D eigenvalue weighted by Crippen LogP contribution is 2.27. The Morgan fingerprint density at radius 3 is 2.91 bits per heavy atom.